The molecule has 22 atom stereocenters. The highest BCUT2D eigenvalue weighted by atomic mass is 127. The van der Waals surface area contributed by atoms with Crippen LogP contribution in [0.4, 0.5) is 20.1 Å². The van der Waals surface area contributed by atoms with Crippen LogP contribution in [0.1, 0.15) is 142 Å². The van der Waals surface area contributed by atoms with E-state index in [-0.39, 0.29) is 109 Å². The predicted molar refractivity (Wildman–Crippen MR) is 476 cm³/mol. The normalized spacial score (nSPS) is 28.3. The van der Waals surface area contributed by atoms with E-state index in [0.29, 0.717) is 39.8 Å². The molecule has 8 amide bonds. The molecule has 4 aliphatic heterocycles. The van der Waals surface area contributed by atoms with Crippen molar-refractivity contribution in [3.8, 4) is 40.9 Å². The maximum atomic E-state index is 14.7. The summed E-state index contributed by atoms with van der Waals surface area (Å²) in [6, 6.07) is 0.211. The van der Waals surface area contributed by atoms with Gasteiger partial charge in [-0.15, -0.1) is 0 Å². The molecule has 2 aromatic rings. The minimum Gasteiger partial charge on any atom is -0.492 e. The number of allylic oxidation sites excluding steroid dienone is 3. The number of aliphatic hydroxyl groups is 5. The second kappa shape index (κ2) is 49.0. The number of rotatable bonds is 39. The average molecular weight is 1950 g/mol. The van der Waals surface area contributed by atoms with Gasteiger partial charge in [0.1, 0.15) is 61.4 Å². The first kappa shape index (κ1) is 105. The number of ether oxygens (including phenoxy) is 13. The molecule has 2 bridgehead atoms. The van der Waals surface area contributed by atoms with Gasteiger partial charge in [0, 0.05) is 74.4 Å². The van der Waals surface area contributed by atoms with E-state index in [4.69, 9.17) is 77.9 Å². The van der Waals surface area contributed by atoms with Crippen molar-refractivity contribution in [2.45, 2.75) is 272 Å². The van der Waals surface area contributed by atoms with E-state index >= 15 is 0 Å². The van der Waals surface area contributed by atoms with Gasteiger partial charge in [-0.25, -0.2) is 14.4 Å². The number of carbonyl (C=O) groups excluding carboxylic acids is 9. The quantitative estimate of drug-likeness (QED) is 0.0145. The molecule has 6 aliphatic rings. The number of thioether (sulfide) groups is 1. The number of hydrogen-bond acceptors (Lipinski definition) is 33. The molecule has 38 nitrogen and oxygen atoms in total. The molecular formula is C85H121IN10O28S3. The summed E-state index contributed by atoms with van der Waals surface area (Å²) in [6.45, 7) is 19.0. The Hall–Kier alpha value is -7.65. The first-order chi connectivity index (χ1) is 60.2. The zero-order chi connectivity index (χ0) is 93.5. The molecule has 2 aliphatic carbocycles. The largest absolute Gasteiger partial charge is 0.492 e. The monoisotopic (exact) mass is 1950 g/mol. The fourth-order valence-corrected chi connectivity index (χ4v) is 18.8. The molecule has 127 heavy (non-hydrogen) atoms. The third-order valence-corrected chi connectivity index (χ3v) is 27.4. The van der Waals surface area contributed by atoms with Gasteiger partial charge in [-0.05, 0) is 137 Å². The molecule has 0 unspecified atom stereocenters. The van der Waals surface area contributed by atoms with E-state index in [9.17, 15) is 68.7 Å². The number of aliphatic hydroxyl groups excluding tert-OH is 4. The number of amides is 8. The van der Waals surface area contributed by atoms with Crippen LogP contribution in [0.5, 0.6) is 17.2 Å². The summed E-state index contributed by atoms with van der Waals surface area (Å²) >= 11 is 2.76. The zero-order valence-corrected chi connectivity index (χ0v) is 78.6. The Balaban J connectivity index is 1.00. The van der Waals surface area contributed by atoms with Gasteiger partial charge in [-0.3, -0.25) is 38.9 Å². The predicted octanol–water partition coefficient (Wildman–Crippen LogP) is 4.41. The van der Waals surface area contributed by atoms with Gasteiger partial charge in [0.05, 0.1) is 97.0 Å². The molecule has 4 heterocycles. The lowest BCUT2D eigenvalue weighted by Gasteiger charge is -2.47. The van der Waals surface area contributed by atoms with Crippen LogP contribution in [0.25, 0.3) is 0 Å². The minimum atomic E-state index is -2.17. The van der Waals surface area contributed by atoms with Gasteiger partial charge in [0.2, 0.25) is 40.8 Å². The number of likely N-dealkylation sites (N-methyl/N-ethyl adjacent to an activating group) is 1. The number of nitrogens with two attached hydrogens (primary N) is 2. The SMILES string of the molecule is CCN(C(=O)OCc1ccc(NC(=O)[C@H](CCCNC(N)=O)NC(=O)[C@@H](NC(=O)[C@H](CCCCN)NC(C)=O)C(C)C)cc1)[C@H]1CO[C@@H](O[C@H]2[C@H](O[C@H]3C#C/C=C\C#C[C@]4(O)CC(=O)C(NC(=O)OC)=C3/C4=C\CSSC(C)(C)C)O[C@H](C)[C@@H](NO[C@H]3C[C@H](O)[C@H](SC(=O)c4c(C)c(I)c(O[C@@H]5O[C@@H](C)[C@H](O)[C@@H](OC)[C@H]5O)c(OC)c4OC)[C@@H](C)O3)[C@@H]2O)C[C@@H]1OC. The zero-order valence-electron chi connectivity index (χ0n) is 74.0. The van der Waals surface area contributed by atoms with Crippen molar-refractivity contribution in [2.24, 2.45) is 17.4 Å². The van der Waals surface area contributed by atoms with Crippen molar-refractivity contribution in [1.29, 1.82) is 0 Å². The van der Waals surface area contributed by atoms with E-state index in [0.717, 1.165) is 18.9 Å². The summed E-state index contributed by atoms with van der Waals surface area (Å²) in [5, 5.41) is 73.8. The number of unbranched alkanes of at least 4 members (excludes halogenated alkanes) is 1. The van der Waals surface area contributed by atoms with Gasteiger partial charge < -0.3 is 130 Å². The molecule has 42 heteroatoms. The van der Waals surface area contributed by atoms with Crippen LogP contribution >= 0.6 is 55.9 Å². The number of primary amides is 1. The first-order valence-electron chi connectivity index (χ1n) is 41.6. The van der Waals surface area contributed by atoms with Crippen molar-refractivity contribution in [2.75, 3.05) is 72.9 Å². The van der Waals surface area contributed by atoms with Gasteiger partial charge in [0.15, 0.2) is 41.8 Å². The van der Waals surface area contributed by atoms with Crippen LogP contribution in [-0.4, -0.2) is 289 Å². The first-order valence-corrected chi connectivity index (χ1v) is 45.9. The number of nitrogens with zero attached hydrogens (tertiary/aromatic N) is 1. The number of anilines is 1. The number of urea groups is 1. The van der Waals surface area contributed by atoms with Crippen molar-refractivity contribution in [3.05, 3.63) is 79.6 Å². The van der Waals surface area contributed by atoms with E-state index in [1.807, 2.05) is 43.4 Å². The van der Waals surface area contributed by atoms with Crippen LogP contribution in [0, 0.1) is 40.1 Å². The van der Waals surface area contributed by atoms with Crippen LogP contribution < -0.4 is 63.1 Å². The third-order valence-electron chi connectivity index (χ3n) is 21.5. The fraction of sp³-hybridized carbons (Fsp3) is 0.635. The van der Waals surface area contributed by atoms with Gasteiger partial charge in [-0.1, -0.05) is 110 Å². The molecular weight excluding hydrogens is 1830 g/mol. The van der Waals surface area contributed by atoms with Crippen LogP contribution in [-0.2, 0) is 82.8 Å². The molecule has 8 rings (SSSR count). The summed E-state index contributed by atoms with van der Waals surface area (Å²) in [6.07, 6.45) is -15.8. The number of hydrogen-bond donors (Lipinski definition) is 14. The van der Waals surface area contributed by atoms with Gasteiger partial charge in [-0.2, -0.15) is 5.48 Å². The van der Waals surface area contributed by atoms with Gasteiger partial charge in [0.25, 0.3) is 0 Å². The van der Waals surface area contributed by atoms with Crippen LogP contribution in [0.3, 0.4) is 0 Å². The maximum Gasteiger partial charge on any atom is 0.411 e. The number of Topliss-reactive ketones (excluding diaryl/α,β-unsaturated/α-hetero) is 1. The van der Waals surface area contributed by atoms with Crippen molar-refractivity contribution in [3.63, 3.8) is 0 Å². The van der Waals surface area contributed by atoms with Crippen LogP contribution in [0.2, 0.25) is 0 Å². The minimum absolute atomic E-state index is 0.00906. The lowest BCUT2D eigenvalue weighted by atomic mass is 9.75. The molecule has 4 saturated heterocycles. The number of carbonyl (C=O) groups is 9. The average Bonchev–Trinajstić information content (AvgIpc) is 0.747. The van der Waals surface area contributed by atoms with Crippen molar-refractivity contribution >= 4 is 114 Å². The number of benzene rings is 2. The number of halogens is 1. The lowest BCUT2D eigenvalue weighted by molar-refractivity contribution is -0.337. The summed E-state index contributed by atoms with van der Waals surface area (Å²) < 4.78 is 79.5. The number of alkyl carbamates (subject to hydrolysis) is 1. The summed E-state index contributed by atoms with van der Waals surface area (Å²) in [5.41, 5.74) is 12.6. The molecule has 0 saturated carbocycles. The van der Waals surface area contributed by atoms with E-state index in [1.54, 1.807) is 89.6 Å². The molecule has 0 radical (unpaired) electrons. The third kappa shape index (κ3) is 28.2. The fourth-order valence-electron chi connectivity index (χ4n) is 14.9. The Kier molecular flexibility index (Phi) is 40.4. The van der Waals surface area contributed by atoms with Crippen molar-refractivity contribution in [1.82, 2.24) is 37.0 Å². The number of methoxy groups -OCH3 is 5. The molecule has 16 N–H and O–H groups in total. The Morgan fingerprint density at radius 2 is 1.47 bits per heavy atom. The smallest absolute Gasteiger partial charge is 0.411 e. The number of nitrogens with one attached hydrogen (secondary N) is 7. The van der Waals surface area contributed by atoms with Crippen LogP contribution in [0.15, 0.2) is 59.3 Å². The number of fused-ring (bicyclic) bond motifs is 2. The molecule has 0 aromatic heterocycles. The highest BCUT2D eigenvalue weighted by Crippen LogP contribution is 2.50. The topological polar surface area (TPSA) is 523 Å². The molecule has 704 valence electrons. The van der Waals surface area contributed by atoms with E-state index < -0.39 is 198 Å². The summed E-state index contributed by atoms with van der Waals surface area (Å²) in [7, 11) is 9.54. The summed E-state index contributed by atoms with van der Waals surface area (Å²) in [4.78, 5) is 130. The maximum absolute atomic E-state index is 14.7. The molecule has 0 spiro atoms. The molecule has 2 aromatic carbocycles. The van der Waals surface area contributed by atoms with Gasteiger partial charge >= 0.3 is 18.2 Å². The molecule has 4 fully saturated rings. The highest BCUT2D eigenvalue weighted by molar-refractivity contribution is 14.1. The Bertz CT molecular complexity index is 4380. The summed E-state index contributed by atoms with van der Waals surface area (Å²) in [5.74, 6) is 8.22. The highest BCUT2D eigenvalue weighted by Gasteiger charge is 2.53. The van der Waals surface area contributed by atoms with E-state index in [1.165, 1.54) is 63.2 Å². The Morgan fingerprint density at radius 1 is 0.787 bits per heavy atom. The Morgan fingerprint density at radius 3 is 2.10 bits per heavy atom. The van der Waals surface area contributed by atoms with Crippen molar-refractivity contribution < 1.29 is 135 Å². The number of ketones is 1. The van der Waals surface area contributed by atoms with E-state index in [2.05, 4.69) is 61.1 Å². The second-order valence-electron chi connectivity index (χ2n) is 32.2. The number of hydroxylamine groups is 1. The second-order valence-corrected chi connectivity index (χ2v) is 37.6. The standard InChI is InChI=1S/C85H121IN10O28S3/c1-17-96(83(109)117-40-48-28-30-49(31-29-48)91-75(103)52(26-24-35-89-81(88)107)92-77(105)63(42(2)3)93-76(104)51(90-47(8)97)25-21-23-34-87)53-41-116-58(38-57(53)111-12)122-72-67(101)64(44(5)119-80(72)121-56-27-20-18-19-22-33-85(110)39-55(99)65(94-82(108)115-16)61(56)50(85)32-36-125-127-84(9,10)11)95-124-59-37-54(98)74(46(7)118-59)126-78(106)60-43(4)62(86)70(73(114-15)69(60)112-13)123-79-68(102)71(113-14)66(100)45(6)120-79/h18-19,28-32,42,44-46,51-54,56-59,63-64,66-68,71-72,74,79-80,95,98,100-102,110H,17,21,23-26,34-41,87H2,1-16H3,(H,90,97)(H,91,103)(H,92,105)(H,93,104)(H,94,108)(H3,88,89,107)/b19-18-,50-32+/t44-,45+,46-,51+,52+,53+,54+,56+,57+,58+,59+,63+,64-,66+,67+,68-,71-,72-,74-,79+,80+,85+/m1/s1. The lowest BCUT2D eigenvalue weighted by Crippen LogP contribution is -2.65. The Labute approximate surface area is 764 Å².